The summed E-state index contributed by atoms with van der Waals surface area (Å²) in [7, 11) is 4.15. The van der Waals surface area contributed by atoms with Crippen LogP contribution in [0.2, 0.25) is 0 Å². The largest absolute Gasteiger partial charge is 0.340 e. The number of likely N-dealkylation sites (tertiary alicyclic amines) is 1. The second-order valence-corrected chi connectivity index (χ2v) is 9.35. The van der Waals surface area contributed by atoms with Crippen molar-refractivity contribution < 1.29 is 0 Å². The molecule has 1 aliphatic rings. The van der Waals surface area contributed by atoms with Gasteiger partial charge in [-0.3, -0.25) is 9.67 Å². The van der Waals surface area contributed by atoms with Crippen molar-refractivity contribution in [2.24, 2.45) is 13.0 Å². The number of aromatic nitrogens is 4. The molecule has 1 saturated heterocycles. The molecule has 0 bridgehead atoms. The molecule has 0 atom stereocenters. The molecule has 0 spiro atoms. The van der Waals surface area contributed by atoms with Gasteiger partial charge in [-0.05, 0) is 87.5 Å². The van der Waals surface area contributed by atoms with Crippen molar-refractivity contribution in [2.45, 2.75) is 26.2 Å². The Morgan fingerprint density at radius 3 is 2.62 bits per heavy atom. The predicted molar refractivity (Wildman–Crippen MR) is 139 cm³/mol. The maximum Gasteiger partial charge on any atom is 0.130 e. The second kappa shape index (κ2) is 9.77. The van der Waals surface area contributed by atoms with Crippen LogP contribution in [0.5, 0.6) is 0 Å². The van der Waals surface area contributed by atoms with E-state index in [0.717, 1.165) is 51.3 Å². The lowest BCUT2D eigenvalue weighted by atomic mass is 9.92. The van der Waals surface area contributed by atoms with Gasteiger partial charge in [0.2, 0.25) is 0 Å². The van der Waals surface area contributed by atoms with Crippen molar-refractivity contribution >= 4 is 22.3 Å². The first-order valence-corrected chi connectivity index (χ1v) is 12.0. The topological polar surface area (TPSA) is 58.9 Å². The van der Waals surface area contributed by atoms with Gasteiger partial charge < -0.3 is 10.2 Å². The summed E-state index contributed by atoms with van der Waals surface area (Å²) in [5, 5.41) is 10.1. The Morgan fingerprint density at radius 2 is 1.85 bits per heavy atom. The number of hydrogen-bond donors (Lipinski definition) is 1. The number of rotatable bonds is 6. The van der Waals surface area contributed by atoms with Gasteiger partial charge in [-0.25, -0.2) is 4.98 Å². The second-order valence-electron chi connectivity index (χ2n) is 9.35. The van der Waals surface area contributed by atoms with E-state index in [9.17, 15) is 0 Å². The zero-order valence-corrected chi connectivity index (χ0v) is 20.2. The van der Waals surface area contributed by atoms with Crippen LogP contribution in [0.1, 0.15) is 31.0 Å². The van der Waals surface area contributed by atoms with E-state index >= 15 is 0 Å². The molecule has 0 saturated carbocycles. The number of anilines is 1. The Kier molecular flexibility index (Phi) is 6.41. The monoisotopic (exact) mass is 452 g/mol. The number of hydrogen-bond acceptors (Lipinski definition) is 5. The zero-order valence-electron chi connectivity index (χ0n) is 20.2. The first kappa shape index (κ1) is 22.3. The Labute approximate surface area is 201 Å². The minimum atomic E-state index is 0.720. The van der Waals surface area contributed by atoms with E-state index in [1.165, 1.54) is 31.6 Å². The molecule has 1 N–H and O–H groups in total. The molecule has 0 unspecified atom stereocenters. The van der Waals surface area contributed by atoms with E-state index in [-0.39, 0.29) is 0 Å². The fraction of sp³-hybridized carbons (Fsp3) is 0.321. The number of pyridine rings is 2. The lowest BCUT2D eigenvalue weighted by Gasteiger charge is -2.28. The van der Waals surface area contributed by atoms with Crippen LogP contribution in [-0.4, -0.2) is 44.8 Å². The van der Waals surface area contributed by atoms with Gasteiger partial charge in [-0.15, -0.1) is 0 Å². The van der Waals surface area contributed by atoms with Gasteiger partial charge in [0.1, 0.15) is 5.82 Å². The molecule has 4 aromatic rings. The maximum atomic E-state index is 4.67. The van der Waals surface area contributed by atoms with E-state index in [2.05, 4.69) is 81.7 Å². The first-order chi connectivity index (χ1) is 16.6. The molecule has 3 aromatic heterocycles. The van der Waals surface area contributed by atoms with Gasteiger partial charge in [-0.2, -0.15) is 5.10 Å². The molecule has 0 aliphatic carbocycles. The van der Waals surface area contributed by atoms with Gasteiger partial charge in [0, 0.05) is 53.5 Å². The Bertz CT molecular complexity index is 1310. The molecule has 5 rings (SSSR count). The number of allylic oxidation sites excluding steroid dienone is 1. The van der Waals surface area contributed by atoms with E-state index in [4.69, 9.17) is 0 Å². The summed E-state index contributed by atoms with van der Waals surface area (Å²) in [5.74, 6) is 1.55. The minimum Gasteiger partial charge on any atom is -0.340 e. The van der Waals surface area contributed by atoms with Crippen molar-refractivity contribution in [2.75, 3.05) is 25.5 Å². The standard InChI is InChI=1S/C28H32N6/c1-4-27(22-7-10-29-26(15-22)13-20-8-11-33(2)12-9-20)32-28-16-24-14-21(5-6-23(24)17-30-28)25-18-31-34(3)19-25/h4-7,10,14-20H,8-9,11-13H2,1-3H3,(H,30,32)/b27-4+. The molecule has 0 radical (unpaired) electrons. The summed E-state index contributed by atoms with van der Waals surface area (Å²) < 4.78 is 1.83. The van der Waals surface area contributed by atoms with Crippen LogP contribution in [0, 0.1) is 5.92 Å². The van der Waals surface area contributed by atoms with E-state index in [1.807, 2.05) is 36.5 Å². The molecule has 4 heterocycles. The van der Waals surface area contributed by atoms with Crippen LogP contribution in [0.15, 0.2) is 67.3 Å². The highest BCUT2D eigenvalue weighted by Gasteiger charge is 2.18. The van der Waals surface area contributed by atoms with Crippen molar-refractivity contribution in [3.05, 3.63) is 78.5 Å². The molecule has 1 fully saturated rings. The van der Waals surface area contributed by atoms with Crippen molar-refractivity contribution in [3.8, 4) is 11.1 Å². The summed E-state index contributed by atoms with van der Waals surface area (Å²) in [6.45, 7) is 4.42. The van der Waals surface area contributed by atoms with E-state index in [1.54, 1.807) is 0 Å². The van der Waals surface area contributed by atoms with Crippen LogP contribution in [-0.2, 0) is 13.5 Å². The fourth-order valence-electron chi connectivity index (χ4n) is 4.73. The van der Waals surface area contributed by atoms with E-state index in [0.29, 0.717) is 0 Å². The molecule has 0 amide bonds. The van der Waals surface area contributed by atoms with Gasteiger partial charge in [0.15, 0.2) is 0 Å². The Hall–Kier alpha value is -3.51. The lowest BCUT2D eigenvalue weighted by molar-refractivity contribution is 0.218. The minimum absolute atomic E-state index is 0.720. The maximum absolute atomic E-state index is 4.67. The number of fused-ring (bicyclic) bond motifs is 1. The third kappa shape index (κ3) is 5.02. The molecule has 1 aromatic carbocycles. The fourth-order valence-corrected chi connectivity index (χ4v) is 4.73. The molecule has 174 valence electrons. The molecular weight excluding hydrogens is 420 g/mol. The number of nitrogens with one attached hydrogen (secondary N) is 1. The normalized spacial score (nSPS) is 15.7. The summed E-state index contributed by atoms with van der Waals surface area (Å²) in [6, 6.07) is 12.8. The van der Waals surface area contributed by atoms with Gasteiger partial charge in [0.25, 0.3) is 0 Å². The van der Waals surface area contributed by atoms with Crippen LogP contribution in [0.3, 0.4) is 0 Å². The van der Waals surface area contributed by atoms with Gasteiger partial charge in [0.05, 0.1) is 6.20 Å². The highest BCUT2D eigenvalue weighted by atomic mass is 15.2. The third-order valence-corrected chi connectivity index (χ3v) is 6.77. The van der Waals surface area contributed by atoms with Gasteiger partial charge in [-0.1, -0.05) is 18.2 Å². The van der Waals surface area contributed by atoms with Crippen LogP contribution in [0.4, 0.5) is 5.82 Å². The van der Waals surface area contributed by atoms with Crippen molar-refractivity contribution in [3.63, 3.8) is 0 Å². The SMILES string of the molecule is C/C=C(/Nc1cc2cc(-c3cnn(C)c3)ccc2cn1)c1ccnc(CC2CCN(C)CC2)c1. The third-order valence-electron chi connectivity index (χ3n) is 6.77. The first-order valence-electron chi connectivity index (χ1n) is 12.0. The molecular formula is C28H32N6. The van der Waals surface area contributed by atoms with Crippen LogP contribution in [0.25, 0.3) is 27.6 Å². The Morgan fingerprint density at radius 1 is 1.00 bits per heavy atom. The quantitative estimate of drug-likeness (QED) is 0.425. The number of aryl methyl sites for hydroxylation is 1. The van der Waals surface area contributed by atoms with E-state index < -0.39 is 0 Å². The molecule has 6 nitrogen and oxygen atoms in total. The summed E-state index contributed by atoms with van der Waals surface area (Å²) in [6.07, 6.45) is 13.4. The van der Waals surface area contributed by atoms with Crippen LogP contribution < -0.4 is 5.32 Å². The number of piperidine rings is 1. The smallest absolute Gasteiger partial charge is 0.130 e. The highest BCUT2D eigenvalue weighted by Crippen LogP contribution is 2.27. The summed E-state index contributed by atoms with van der Waals surface area (Å²) in [5.41, 5.74) is 5.62. The molecule has 34 heavy (non-hydrogen) atoms. The average molecular weight is 453 g/mol. The number of benzene rings is 1. The lowest BCUT2D eigenvalue weighted by Crippen LogP contribution is -2.31. The highest BCUT2D eigenvalue weighted by molar-refractivity contribution is 5.89. The Balaban J connectivity index is 1.35. The average Bonchev–Trinajstić information content (AvgIpc) is 3.30. The predicted octanol–water partition coefficient (Wildman–Crippen LogP) is 5.39. The van der Waals surface area contributed by atoms with Crippen molar-refractivity contribution in [1.82, 2.24) is 24.6 Å². The van der Waals surface area contributed by atoms with Crippen molar-refractivity contribution in [1.29, 1.82) is 0 Å². The van der Waals surface area contributed by atoms with Crippen LogP contribution >= 0.6 is 0 Å². The summed E-state index contributed by atoms with van der Waals surface area (Å²) in [4.78, 5) is 11.7. The number of nitrogens with zero attached hydrogens (tertiary/aromatic N) is 5. The zero-order chi connectivity index (χ0) is 23.5. The van der Waals surface area contributed by atoms with Gasteiger partial charge >= 0.3 is 0 Å². The molecule has 1 aliphatic heterocycles. The molecule has 6 heteroatoms. The summed E-state index contributed by atoms with van der Waals surface area (Å²) >= 11 is 0.